The molecule has 116 valence electrons. The van der Waals surface area contributed by atoms with Crippen LogP contribution in [-0.4, -0.2) is 16.1 Å². The number of carboxylic acid groups (broad SMARTS) is 1. The fourth-order valence-corrected chi connectivity index (χ4v) is 2.37. The van der Waals surface area contributed by atoms with E-state index < -0.39 is 17.7 Å². The molecule has 0 saturated carbocycles. The Morgan fingerprint density at radius 2 is 1.74 bits per heavy atom. The molecule has 1 aromatic heterocycles. The van der Waals surface area contributed by atoms with Gasteiger partial charge in [0.05, 0.1) is 11.3 Å². The van der Waals surface area contributed by atoms with Crippen molar-refractivity contribution >= 4 is 16.7 Å². The largest absolute Gasteiger partial charge is 0.477 e. The summed E-state index contributed by atoms with van der Waals surface area (Å²) in [4.78, 5) is 15.2. The lowest BCUT2D eigenvalue weighted by Gasteiger charge is -2.11. The fraction of sp³-hybridized carbons (Fsp3) is 0.0588. The van der Waals surface area contributed by atoms with Crippen molar-refractivity contribution in [3.05, 3.63) is 65.9 Å². The van der Waals surface area contributed by atoms with Gasteiger partial charge in [-0.15, -0.1) is 0 Å². The standard InChI is InChI=1S/C17H10F3NO2/c18-17(19,20)12-6-3-5-11(8-12)15-13-7-2-1-4-10(13)9-14(21-15)16(22)23/h1-9H,(H,22,23). The molecule has 0 aliphatic rings. The first-order chi connectivity index (χ1) is 10.9. The molecule has 1 N–H and O–H groups in total. The normalized spacial score (nSPS) is 11.6. The van der Waals surface area contributed by atoms with E-state index in [1.165, 1.54) is 18.2 Å². The van der Waals surface area contributed by atoms with E-state index in [1.807, 2.05) is 0 Å². The van der Waals surface area contributed by atoms with E-state index in [2.05, 4.69) is 4.98 Å². The third-order valence-electron chi connectivity index (χ3n) is 3.42. The maximum Gasteiger partial charge on any atom is 0.416 e. The highest BCUT2D eigenvalue weighted by Crippen LogP contribution is 2.34. The molecule has 0 spiro atoms. The Morgan fingerprint density at radius 3 is 2.43 bits per heavy atom. The predicted molar refractivity (Wildman–Crippen MR) is 79.1 cm³/mol. The number of carboxylic acids is 1. The lowest BCUT2D eigenvalue weighted by Crippen LogP contribution is -2.05. The van der Waals surface area contributed by atoms with Gasteiger partial charge in [-0.1, -0.05) is 36.4 Å². The summed E-state index contributed by atoms with van der Waals surface area (Å²) in [6.07, 6.45) is -4.48. The molecule has 0 radical (unpaired) electrons. The molecule has 0 aliphatic carbocycles. The Hall–Kier alpha value is -2.89. The second kappa shape index (κ2) is 5.39. The van der Waals surface area contributed by atoms with Crippen LogP contribution in [0, 0.1) is 0 Å². The third kappa shape index (κ3) is 2.88. The molecule has 0 aliphatic heterocycles. The van der Waals surface area contributed by atoms with Crippen LogP contribution < -0.4 is 0 Å². The van der Waals surface area contributed by atoms with E-state index in [0.717, 1.165) is 12.1 Å². The van der Waals surface area contributed by atoms with E-state index in [9.17, 15) is 18.0 Å². The topological polar surface area (TPSA) is 50.2 Å². The van der Waals surface area contributed by atoms with Crippen LogP contribution in [0.5, 0.6) is 0 Å². The maximum atomic E-state index is 12.9. The minimum atomic E-state index is -4.48. The first kappa shape index (κ1) is 15.0. The van der Waals surface area contributed by atoms with E-state index in [4.69, 9.17) is 5.11 Å². The molecular formula is C17H10F3NO2. The summed E-state index contributed by atoms with van der Waals surface area (Å²) in [5, 5.41) is 10.4. The number of alkyl halides is 3. The fourth-order valence-electron chi connectivity index (χ4n) is 2.37. The average Bonchev–Trinajstić information content (AvgIpc) is 2.53. The number of pyridine rings is 1. The molecule has 0 saturated heterocycles. The van der Waals surface area contributed by atoms with E-state index in [0.29, 0.717) is 10.8 Å². The van der Waals surface area contributed by atoms with Gasteiger partial charge in [-0.05, 0) is 23.6 Å². The van der Waals surface area contributed by atoms with Gasteiger partial charge >= 0.3 is 12.1 Å². The molecule has 0 atom stereocenters. The van der Waals surface area contributed by atoms with Crippen LogP contribution in [0.3, 0.4) is 0 Å². The van der Waals surface area contributed by atoms with Gasteiger partial charge in [-0.2, -0.15) is 13.2 Å². The van der Waals surface area contributed by atoms with Crippen LogP contribution in [0.1, 0.15) is 16.1 Å². The first-order valence-corrected chi connectivity index (χ1v) is 6.67. The number of carbonyl (C=O) groups is 1. The van der Waals surface area contributed by atoms with Crippen molar-refractivity contribution in [2.45, 2.75) is 6.18 Å². The van der Waals surface area contributed by atoms with Crippen molar-refractivity contribution < 1.29 is 23.1 Å². The van der Waals surface area contributed by atoms with E-state index >= 15 is 0 Å². The number of aromatic carboxylic acids is 1. The molecule has 2 aromatic carbocycles. The molecule has 1 heterocycles. The van der Waals surface area contributed by atoms with Gasteiger partial charge in [0, 0.05) is 10.9 Å². The average molecular weight is 317 g/mol. The minimum absolute atomic E-state index is 0.212. The second-order valence-electron chi connectivity index (χ2n) is 4.96. The lowest BCUT2D eigenvalue weighted by molar-refractivity contribution is -0.137. The van der Waals surface area contributed by atoms with E-state index in [-0.39, 0.29) is 17.0 Å². The summed E-state index contributed by atoms with van der Waals surface area (Å²) in [6.45, 7) is 0. The maximum absolute atomic E-state index is 12.9. The molecule has 3 rings (SSSR count). The molecule has 23 heavy (non-hydrogen) atoms. The molecular weight excluding hydrogens is 307 g/mol. The molecule has 0 amide bonds. The highest BCUT2D eigenvalue weighted by Gasteiger charge is 2.30. The van der Waals surface area contributed by atoms with Gasteiger partial charge in [-0.25, -0.2) is 9.78 Å². The van der Waals surface area contributed by atoms with Crippen LogP contribution in [-0.2, 0) is 6.18 Å². The van der Waals surface area contributed by atoms with Crippen molar-refractivity contribution in [2.75, 3.05) is 0 Å². The summed E-state index contributed by atoms with van der Waals surface area (Å²) < 4.78 is 38.7. The molecule has 3 aromatic rings. The number of aromatic nitrogens is 1. The Bertz CT molecular complexity index is 904. The van der Waals surface area contributed by atoms with Gasteiger partial charge in [0.1, 0.15) is 5.69 Å². The van der Waals surface area contributed by atoms with Crippen LogP contribution in [0.15, 0.2) is 54.6 Å². The number of halogens is 3. The van der Waals surface area contributed by atoms with E-state index in [1.54, 1.807) is 24.3 Å². The molecule has 0 fully saturated rings. The Balaban J connectivity index is 2.29. The zero-order chi connectivity index (χ0) is 16.6. The summed E-state index contributed by atoms with van der Waals surface area (Å²) in [6, 6.07) is 12.9. The van der Waals surface area contributed by atoms with Crippen LogP contribution in [0.25, 0.3) is 22.0 Å². The summed E-state index contributed by atoms with van der Waals surface area (Å²) in [7, 11) is 0. The molecule has 0 unspecified atom stereocenters. The Labute approximate surface area is 129 Å². The van der Waals surface area contributed by atoms with Crippen molar-refractivity contribution in [2.24, 2.45) is 0 Å². The van der Waals surface area contributed by atoms with Crippen LogP contribution in [0.4, 0.5) is 13.2 Å². The monoisotopic (exact) mass is 317 g/mol. The van der Waals surface area contributed by atoms with Gasteiger partial charge < -0.3 is 5.11 Å². The minimum Gasteiger partial charge on any atom is -0.477 e. The number of fused-ring (bicyclic) bond motifs is 1. The number of hydrogen-bond donors (Lipinski definition) is 1. The molecule has 3 nitrogen and oxygen atoms in total. The first-order valence-electron chi connectivity index (χ1n) is 6.67. The third-order valence-corrected chi connectivity index (χ3v) is 3.42. The highest BCUT2D eigenvalue weighted by molar-refractivity contribution is 5.99. The van der Waals surface area contributed by atoms with Gasteiger partial charge in [0.2, 0.25) is 0 Å². The summed E-state index contributed by atoms with van der Waals surface area (Å²) in [5.74, 6) is -1.23. The molecule has 0 bridgehead atoms. The summed E-state index contributed by atoms with van der Waals surface area (Å²) >= 11 is 0. The lowest BCUT2D eigenvalue weighted by atomic mass is 10.0. The second-order valence-corrected chi connectivity index (χ2v) is 4.96. The smallest absolute Gasteiger partial charge is 0.416 e. The predicted octanol–water partition coefficient (Wildman–Crippen LogP) is 4.62. The van der Waals surface area contributed by atoms with Crippen molar-refractivity contribution in [1.29, 1.82) is 0 Å². The van der Waals surface area contributed by atoms with Crippen LogP contribution >= 0.6 is 0 Å². The van der Waals surface area contributed by atoms with Crippen LogP contribution in [0.2, 0.25) is 0 Å². The SMILES string of the molecule is O=C(O)c1cc2ccccc2c(-c2cccc(C(F)(F)F)c2)n1. The van der Waals surface area contributed by atoms with Crippen molar-refractivity contribution in [3.63, 3.8) is 0 Å². The summed E-state index contributed by atoms with van der Waals surface area (Å²) in [5.41, 5.74) is -0.580. The van der Waals surface area contributed by atoms with Gasteiger partial charge in [-0.3, -0.25) is 0 Å². The van der Waals surface area contributed by atoms with Gasteiger partial charge in [0.15, 0.2) is 0 Å². The highest BCUT2D eigenvalue weighted by atomic mass is 19.4. The quantitative estimate of drug-likeness (QED) is 0.750. The zero-order valence-corrected chi connectivity index (χ0v) is 11.6. The number of benzene rings is 2. The Morgan fingerprint density at radius 1 is 1.00 bits per heavy atom. The number of nitrogens with zero attached hydrogens (tertiary/aromatic N) is 1. The zero-order valence-electron chi connectivity index (χ0n) is 11.6. The van der Waals surface area contributed by atoms with Crippen molar-refractivity contribution in [3.8, 4) is 11.3 Å². The Kier molecular flexibility index (Phi) is 3.52. The number of hydrogen-bond acceptors (Lipinski definition) is 2. The van der Waals surface area contributed by atoms with Gasteiger partial charge in [0.25, 0.3) is 0 Å². The number of rotatable bonds is 2. The van der Waals surface area contributed by atoms with Crippen molar-refractivity contribution in [1.82, 2.24) is 4.98 Å². The molecule has 6 heteroatoms.